The summed E-state index contributed by atoms with van der Waals surface area (Å²) in [6.07, 6.45) is 3.73. The molecule has 0 spiro atoms. The van der Waals surface area contributed by atoms with Crippen molar-refractivity contribution in [2.45, 2.75) is 38.7 Å². The SMILES string of the molecule is CCc1cc(CO)cc(C2CC2)c1. The highest BCUT2D eigenvalue weighted by Gasteiger charge is 2.23. The molecule has 0 radical (unpaired) electrons. The van der Waals surface area contributed by atoms with Gasteiger partial charge in [0.25, 0.3) is 0 Å². The zero-order valence-electron chi connectivity index (χ0n) is 8.09. The first kappa shape index (κ1) is 8.76. The predicted molar refractivity (Wildman–Crippen MR) is 53.7 cm³/mol. The maximum Gasteiger partial charge on any atom is 0.0682 e. The first-order valence-electron chi connectivity index (χ1n) is 5.07. The van der Waals surface area contributed by atoms with Gasteiger partial charge < -0.3 is 5.11 Å². The number of rotatable bonds is 3. The van der Waals surface area contributed by atoms with Crippen LogP contribution in [0.2, 0.25) is 0 Å². The normalized spacial score (nSPS) is 16.2. The second-order valence-electron chi connectivity index (χ2n) is 3.87. The molecule has 0 bridgehead atoms. The molecule has 0 atom stereocenters. The van der Waals surface area contributed by atoms with Crippen LogP contribution in [0.5, 0.6) is 0 Å². The summed E-state index contributed by atoms with van der Waals surface area (Å²) in [6.45, 7) is 2.33. The van der Waals surface area contributed by atoms with E-state index in [1.807, 2.05) is 0 Å². The highest BCUT2D eigenvalue weighted by Crippen LogP contribution is 2.40. The van der Waals surface area contributed by atoms with E-state index in [4.69, 9.17) is 5.11 Å². The molecule has 0 heterocycles. The van der Waals surface area contributed by atoms with Crippen LogP contribution in [-0.2, 0) is 13.0 Å². The van der Waals surface area contributed by atoms with Crippen molar-refractivity contribution in [1.29, 1.82) is 0 Å². The molecule has 0 unspecified atom stereocenters. The molecule has 1 nitrogen and oxygen atoms in total. The molecule has 1 aliphatic rings. The van der Waals surface area contributed by atoms with Gasteiger partial charge in [0.2, 0.25) is 0 Å². The third-order valence-electron chi connectivity index (χ3n) is 2.71. The highest BCUT2D eigenvalue weighted by molar-refractivity contribution is 5.34. The standard InChI is InChI=1S/C12H16O/c1-2-9-5-10(8-13)7-12(6-9)11-3-4-11/h5-7,11,13H,2-4,8H2,1H3. The van der Waals surface area contributed by atoms with Gasteiger partial charge in [0, 0.05) is 0 Å². The Morgan fingerprint density at radius 1 is 1.23 bits per heavy atom. The Balaban J connectivity index is 2.33. The first-order chi connectivity index (χ1) is 6.33. The molecule has 70 valence electrons. The van der Waals surface area contributed by atoms with Crippen LogP contribution < -0.4 is 0 Å². The number of hydrogen-bond donors (Lipinski definition) is 1. The van der Waals surface area contributed by atoms with Crippen LogP contribution >= 0.6 is 0 Å². The summed E-state index contributed by atoms with van der Waals surface area (Å²) in [5, 5.41) is 9.08. The monoisotopic (exact) mass is 176 g/mol. The minimum absolute atomic E-state index is 0.174. The summed E-state index contributed by atoms with van der Waals surface area (Å²) in [5.41, 5.74) is 3.86. The van der Waals surface area contributed by atoms with Crippen LogP contribution in [0.25, 0.3) is 0 Å². The van der Waals surface area contributed by atoms with Crippen molar-refractivity contribution in [2.75, 3.05) is 0 Å². The van der Waals surface area contributed by atoms with Gasteiger partial charge in [0.15, 0.2) is 0 Å². The fourth-order valence-electron chi connectivity index (χ4n) is 1.74. The Morgan fingerprint density at radius 3 is 2.46 bits per heavy atom. The quantitative estimate of drug-likeness (QED) is 0.750. The van der Waals surface area contributed by atoms with Crippen molar-refractivity contribution in [1.82, 2.24) is 0 Å². The Morgan fingerprint density at radius 2 is 1.92 bits per heavy atom. The summed E-state index contributed by atoms with van der Waals surface area (Å²) in [7, 11) is 0. The van der Waals surface area contributed by atoms with E-state index in [9.17, 15) is 0 Å². The van der Waals surface area contributed by atoms with E-state index < -0.39 is 0 Å². The van der Waals surface area contributed by atoms with Gasteiger partial charge in [-0.15, -0.1) is 0 Å². The molecule has 0 saturated heterocycles. The molecule has 1 heteroatoms. The Bertz CT molecular complexity index is 278. The predicted octanol–water partition coefficient (Wildman–Crippen LogP) is 2.62. The zero-order chi connectivity index (χ0) is 9.26. The van der Waals surface area contributed by atoms with Crippen LogP contribution in [0.4, 0.5) is 0 Å². The van der Waals surface area contributed by atoms with Crippen molar-refractivity contribution in [3.8, 4) is 0 Å². The van der Waals surface area contributed by atoms with Gasteiger partial charge in [-0.25, -0.2) is 0 Å². The summed E-state index contributed by atoms with van der Waals surface area (Å²) >= 11 is 0. The highest BCUT2D eigenvalue weighted by atomic mass is 16.3. The van der Waals surface area contributed by atoms with Gasteiger partial charge >= 0.3 is 0 Å². The van der Waals surface area contributed by atoms with Gasteiger partial charge in [-0.1, -0.05) is 25.1 Å². The average Bonchev–Trinajstić information content (AvgIpc) is 3.00. The summed E-state index contributed by atoms with van der Waals surface area (Å²) in [4.78, 5) is 0. The van der Waals surface area contributed by atoms with Crippen LogP contribution in [0.1, 0.15) is 42.4 Å². The van der Waals surface area contributed by atoms with E-state index in [0.717, 1.165) is 17.9 Å². The van der Waals surface area contributed by atoms with Gasteiger partial charge in [0.05, 0.1) is 6.61 Å². The fourth-order valence-corrected chi connectivity index (χ4v) is 1.74. The fraction of sp³-hybridized carbons (Fsp3) is 0.500. The third kappa shape index (κ3) is 1.92. The van der Waals surface area contributed by atoms with Crippen LogP contribution in [0.3, 0.4) is 0 Å². The summed E-state index contributed by atoms with van der Waals surface area (Å²) < 4.78 is 0. The lowest BCUT2D eigenvalue weighted by Gasteiger charge is -2.05. The number of aliphatic hydroxyl groups is 1. The van der Waals surface area contributed by atoms with Crippen molar-refractivity contribution in [3.05, 3.63) is 34.9 Å². The van der Waals surface area contributed by atoms with E-state index in [1.54, 1.807) is 0 Å². The maximum absolute atomic E-state index is 9.08. The van der Waals surface area contributed by atoms with Crippen molar-refractivity contribution >= 4 is 0 Å². The molecule has 1 aliphatic carbocycles. The molecule has 1 fully saturated rings. The molecular formula is C12H16O. The minimum atomic E-state index is 0.174. The van der Waals surface area contributed by atoms with E-state index in [2.05, 4.69) is 25.1 Å². The molecule has 1 aromatic rings. The number of aryl methyl sites for hydroxylation is 1. The lowest BCUT2D eigenvalue weighted by molar-refractivity contribution is 0.281. The molecular weight excluding hydrogens is 160 g/mol. The van der Waals surface area contributed by atoms with Gasteiger partial charge in [-0.3, -0.25) is 0 Å². The molecule has 0 amide bonds. The second kappa shape index (κ2) is 3.51. The van der Waals surface area contributed by atoms with Crippen LogP contribution in [0.15, 0.2) is 18.2 Å². The zero-order valence-corrected chi connectivity index (χ0v) is 8.09. The van der Waals surface area contributed by atoms with E-state index >= 15 is 0 Å². The van der Waals surface area contributed by atoms with Crippen LogP contribution in [0, 0.1) is 0 Å². The summed E-state index contributed by atoms with van der Waals surface area (Å²) in [6, 6.07) is 6.54. The number of hydrogen-bond acceptors (Lipinski definition) is 1. The average molecular weight is 176 g/mol. The molecule has 1 aromatic carbocycles. The summed E-state index contributed by atoms with van der Waals surface area (Å²) in [5.74, 6) is 0.789. The smallest absolute Gasteiger partial charge is 0.0682 e. The van der Waals surface area contributed by atoms with E-state index in [-0.39, 0.29) is 6.61 Å². The topological polar surface area (TPSA) is 20.2 Å². The number of benzene rings is 1. The molecule has 0 aromatic heterocycles. The minimum Gasteiger partial charge on any atom is -0.392 e. The Hall–Kier alpha value is -0.820. The molecule has 1 saturated carbocycles. The number of aliphatic hydroxyl groups excluding tert-OH is 1. The Labute approximate surface area is 79.4 Å². The largest absolute Gasteiger partial charge is 0.392 e. The molecule has 1 N–H and O–H groups in total. The molecule has 13 heavy (non-hydrogen) atoms. The lowest BCUT2D eigenvalue weighted by atomic mass is 10.0. The van der Waals surface area contributed by atoms with Gasteiger partial charge in [-0.05, 0) is 41.9 Å². The second-order valence-corrected chi connectivity index (χ2v) is 3.87. The van der Waals surface area contributed by atoms with Crippen molar-refractivity contribution in [2.24, 2.45) is 0 Å². The van der Waals surface area contributed by atoms with Gasteiger partial charge in [-0.2, -0.15) is 0 Å². The first-order valence-corrected chi connectivity index (χ1v) is 5.07. The van der Waals surface area contributed by atoms with Crippen molar-refractivity contribution in [3.63, 3.8) is 0 Å². The van der Waals surface area contributed by atoms with Crippen molar-refractivity contribution < 1.29 is 5.11 Å². The van der Waals surface area contributed by atoms with E-state index in [0.29, 0.717) is 0 Å². The van der Waals surface area contributed by atoms with Gasteiger partial charge in [0.1, 0.15) is 0 Å². The van der Waals surface area contributed by atoms with Crippen LogP contribution in [-0.4, -0.2) is 5.11 Å². The Kier molecular flexibility index (Phi) is 2.36. The van der Waals surface area contributed by atoms with E-state index in [1.165, 1.54) is 24.0 Å². The molecule has 0 aliphatic heterocycles. The third-order valence-corrected chi connectivity index (χ3v) is 2.71. The molecule has 2 rings (SSSR count). The lowest BCUT2D eigenvalue weighted by Crippen LogP contribution is -1.91. The maximum atomic E-state index is 9.08.